The minimum Gasteiger partial charge on any atom is -0.358 e. The van der Waals surface area contributed by atoms with Crippen LogP contribution in [0, 0.1) is 11.3 Å². The molecule has 1 fully saturated rings. The Hall–Kier alpha value is -3.51. The summed E-state index contributed by atoms with van der Waals surface area (Å²) in [6.07, 6.45) is 3.90. The number of fused-ring (bicyclic) bond motifs is 6. The van der Waals surface area contributed by atoms with Gasteiger partial charge in [0.05, 0.1) is 22.9 Å². The molecule has 176 valence electrons. The van der Waals surface area contributed by atoms with Gasteiger partial charge in [0.1, 0.15) is 5.41 Å². The van der Waals surface area contributed by atoms with Gasteiger partial charge in [-0.2, -0.15) is 0 Å². The number of ketones is 2. The van der Waals surface area contributed by atoms with Crippen LogP contribution in [0.15, 0.2) is 72.2 Å². The lowest BCUT2D eigenvalue weighted by molar-refractivity contribution is -0.131. The maximum absolute atomic E-state index is 14.3. The highest BCUT2D eigenvalue weighted by Gasteiger charge is 2.71. The van der Waals surface area contributed by atoms with Crippen LogP contribution in [0.4, 0.5) is 5.69 Å². The summed E-state index contributed by atoms with van der Waals surface area (Å²) in [6, 6.07) is 17.9. The van der Waals surface area contributed by atoms with E-state index < -0.39 is 28.8 Å². The highest BCUT2D eigenvalue weighted by atomic mass is 32.1. The van der Waals surface area contributed by atoms with Gasteiger partial charge in [-0.25, -0.2) is 0 Å². The first kappa shape index (κ1) is 22.0. The van der Waals surface area contributed by atoms with Crippen molar-refractivity contribution in [3.8, 4) is 0 Å². The molecule has 0 saturated carbocycles. The van der Waals surface area contributed by atoms with Crippen molar-refractivity contribution in [1.29, 1.82) is 0 Å². The number of hydrogen-bond donors (Lipinski definition) is 1. The smallest absolute Gasteiger partial charge is 0.238 e. The Balaban J connectivity index is 1.70. The second kappa shape index (κ2) is 7.49. The molecule has 3 aliphatic heterocycles. The average molecular weight is 483 g/mol. The van der Waals surface area contributed by atoms with Gasteiger partial charge in [0.15, 0.2) is 11.6 Å². The van der Waals surface area contributed by atoms with Gasteiger partial charge in [0.25, 0.3) is 0 Å². The Morgan fingerprint density at radius 2 is 1.74 bits per heavy atom. The molecule has 1 saturated heterocycles. The van der Waals surface area contributed by atoms with Gasteiger partial charge in [-0.05, 0) is 40.3 Å². The van der Waals surface area contributed by atoms with E-state index in [-0.39, 0.29) is 17.5 Å². The number of anilines is 1. The van der Waals surface area contributed by atoms with E-state index in [0.717, 1.165) is 16.7 Å². The van der Waals surface area contributed by atoms with E-state index in [2.05, 4.69) is 5.32 Å². The fraction of sp³-hybridized carbons (Fsp3) is 0.276. The standard InChI is InChI=1S/C29H26N2O3S/c1-28(2,3)26(33)23-22(24(32)21-13-8-16-35-21)29(19-11-6-7-12-20(19)30-27(29)34)25-18-10-5-4-9-17(18)14-15-31(23)25/h4-16,22-23,25H,1-3H3,(H,30,34)/t22-,23-,25+,29-/m0/s1. The molecule has 1 amide bonds. The van der Waals surface area contributed by atoms with Crippen LogP contribution in [-0.4, -0.2) is 28.4 Å². The van der Waals surface area contributed by atoms with Crippen LogP contribution in [0.5, 0.6) is 0 Å². The van der Waals surface area contributed by atoms with Crippen molar-refractivity contribution in [3.63, 3.8) is 0 Å². The largest absolute Gasteiger partial charge is 0.358 e. The van der Waals surface area contributed by atoms with Crippen molar-refractivity contribution in [2.75, 3.05) is 5.32 Å². The number of thiophene rings is 1. The fourth-order valence-electron chi connectivity index (χ4n) is 6.18. The Morgan fingerprint density at radius 3 is 2.49 bits per heavy atom. The minimum absolute atomic E-state index is 0.0458. The number of rotatable bonds is 3. The number of benzene rings is 2. The monoisotopic (exact) mass is 482 g/mol. The number of carbonyl (C=O) groups is 3. The molecular weight excluding hydrogens is 456 g/mol. The summed E-state index contributed by atoms with van der Waals surface area (Å²) in [5, 5.41) is 4.93. The predicted octanol–water partition coefficient (Wildman–Crippen LogP) is 5.46. The van der Waals surface area contributed by atoms with Crippen molar-refractivity contribution in [2.45, 2.75) is 38.3 Å². The van der Waals surface area contributed by atoms with Crippen LogP contribution in [-0.2, 0) is 15.0 Å². The van der Waals surface area contributed by atoms with Gasteiger partial charge in [0, 0.05) is 17.3 Å². The highest BCUT2D eigenvalue weighted by molar-refractivity contribution is 7.12. The molecule has 35 heavy (non-hydrogen) atoms. The number of Topliss-reactive ketones (excluding diaryl/α,β-unsaturated/α-hetero) is 2. The summed E-state index contributed by atoms with van der Waals surface area (Å²) in [7, 11) is 0. The van der Waals surface area contributed by atoms with Crippen molar-refractivity contribution >= 4 is 40.6 Å². The molecule has 6 rings (SSSR count). The highest BCUT2D eigenvalue weighted by Crippen LogP contribution is 2.62. The molecule has 0 bridgehead atoms. The third kappa shape index (κ3) is 2.89. The minimum atomic E-state index is -1.25. The van der Waals surface area contributed by atoms with Gasteiger partial charge in [-0.1, -0.05) is 69.3 Å². The Morgan fingerprint density at radius 1 is 1.00 bits per heavy atom. The van der Waals surface area contributed by atoms with Crippen LogP contribution in [0.2, 0.25) is 0 Å². The number of nitrogens with one attached hydrogen (secondary N) is 1. The van der Waals surface area contributed by atoms with Gasteiger partial charge in [0.2, 0.25) is 5.91 Å². The molecule has 5 nitrogen and oxygen atoms in total. The molecular formula is C29H26N2O3S. The zero-order valence-electron chi connectivity index (χ0n) is 19.8. The fourth-order valence-corrected chi connectivity index (χ4v) is 6.89. The lowest BCUT2D eigenvalue weighted by atomic mass is 9.62. The zero-order valence-corrected chi connectivity index (χ0v) is 20.6. The van der Waals surface area contributed by atoms with Crippen LogP contribution in [0.3, 0.4) is 0 Å². The third-order valence-corrected chi connectivity index (χ3v) is 8.51. The average Bonchev–Trinajstić information content (AvgIpc) is 3.55. The van der Waals surface area contributed by atoms with Crippen LogP contribution >= 0.6 is 11.3 Å². The van der Waals surface area contributed by atoms with E-state index >= 15 is 0 Å². The topological polar surface area (TPSA) is 66.5 Å². The molecule has 3 aromatic rings. The number of carbonyl (C=O) groups excluding carboxylic acids is 3. The number of hydrogen-bond acceptors (Lipinski definition) is 5. The molecule has 1 spiro atoms. The quantitative estimate of drug-likeness (QED) is 0.503. The second-order valence-corrected chi connectivity index (χ2v) is 11.5. The third-order valence-electron chi connectivity index (χ3n) is 7.62. The molecule has 4 atom stereocenters. The molecule has 4 heterocycles. The number of amides is 1. The Bertz CT molecular complexity index is 1400. The van der Waals surface area contributed by atoms with Gasteiger partial charge in [-0.15, -0.1) is 11.3 Å². The van der Waals surface area contributed by atoms with Gasteiger partial charge in [-0.3, -0.25) is 14.4 Å². The van der Waals surface area contributed by atoms with Gasteiger partial charge >= 0.3 is 0 Å². The zero-order chi connectivity index (χ0) is 24.5. The first-order valence-electron chi connectivity index (χ1n) is 11.8. The lowest BCUT2D eigenvalue weighted by Gasteiger charge is -2.38. The molecule has 1 aromatic heterocycles. The van der Waals surface area contributed by atoms with Crippen LogP contribution < -0.4 is 5.32 Å². The van der Waals surface area contributed by atoms with Crippen LogP contribution in [0.25, 0.3) is 6.08 Å². The maximum Gasteiger partial charge on any atom is 0.238 e. The molecule has 3 aliphatic rings. The van der Waals surface area contributed by atoms with Gasteiger partial charge < -0.3 is 10.2 Å². The first-order valence-corrected chi connectivity index (χ1v) is 12.7. The SMILES string of the molecule is CC(C)(C)C(=O)[C@@H]1[C@@H](C(=O)c2cccs2)[C@]2(C(=O)Nc3ccccc32)[C@H]2c3ccccc3C=CN12. The Labute approximate surface area is 208 Å². The normalized spacial score (nSPS) is 26.3. The molecule has 0 aliphatic carbocycles. The van der Waals surface area contributed by atoms with E-state index in [4.69, 9.17) is 0 Å². The maximum atomic E-state index is 14.3. The van der Waals surface area contributed by atoms with E-state index in [1.807, 2.05) is 97.9 Å². The van der Waals surface area contributed by atoms with Crippen molar-refractivity contribution in [3.05, 3.63) is 93.8 Å². The molecule has 6 heteroatoms. The van der Waals surface area contributed by atoms with Crippen LogP contribution in [0.1, 0.15) is 53.2 Å². The van der Waals surface area contributed by atoms with E-state index in [9.17, 15) is 14.4 Å². The lowest BCUT2D eigenvalue weighted by Crippen LogP contribution is -2.50. The molecule has 1 N–H and O–H groups in total. The summed E-state index contributed by atoms with van der Waals surface area (Å²) < 4.78 is 0. The Kier molecular flexibility index (Phi) is 4.71. The molecule has 0 unspecified atom stereocenters. The summed E-state index contributed by atoms with van der Waals surface area (Å²) in [5.41, 5.74) is 1.49. The molecule has 0 radical (unpaired) electrons. The summed E-state index contributed by atoms with van der Waals surface area (Å²) in [4.78, 5) is 45.2. The van der Waals surface area contributed by atoms with Crippen molar-refractivity contribution < 1.29 is 14.4 Å². The van der Waals surface area contributed by atoms with Crippen molar-refractivity contribution in [1.82, 2.24) is 4.90 Å². The summed E-state index contributed by atoms with van der Waals surface area (Å²) >= 11 is 1.35. The van der Waals surface area contributed by atoms with E-state index in [1.165, 1.54) is 11.3 Å². The number of nitrogens with zero attached hydrogens (tertiary/aromatic N) is 1. The molecule has 2 aromatic carbocycles. The van der Waals surface area contributed by atoms with E-state index in [1.54, 1.807) is 6.07 Å². The summed E-state index contributed by atoms with van der Waals surface area (Å²) in [5.74, 6) is -1.31. The first-order chi connectivity index (χ1) is 16.8. The number of para-hydroxylation sites is 1. The van der Waals surface area contributed by atoms with E-state index in [0.29, 0.717) is 10.6 Å². The summed E-state index contributed by atoms with van der Waals surface area (Å²) in [6.45, 7) is 5.64. The second-order valence-electron chi connectivity index (χ2n) is 10.5. The van der Waals surface area contributed by atoms with Crippen molar-refractivity contribution in [2.24, 2.45) is 11.3 Å². The predicted molar refractivity (Wildman–Crippen MR) is 137 cm³/mol.